The maximum Gasteiger partial charge on any atom is 0.126 e. The summed E-state index contributed by atoms with van der Waals surface area (Å²) in [6, 6.07) is 4.21. The van der Waals surface area contributed by atoms with Gasteiger partial charge in [0.25, 0.3) is 0 Å². The van der Waals surface area contributed by atoms with Gasteiger partial charge in [0.05, 0.1) is 13.7 Å². The molecular weight excluding hydrogens is 214 g/mol. The van der Waals surface area contributed by atoms with E-state index in [1.807, 2.05) is 0 Å². The molecule has 0 N–H and O–H groups in total. The number of benzene rings is 1. The smallest absolute Gasteiger partial charge is 0.126 e. The number of rotatable bonds is 5. The van der Waals surface area contributed by atoms with Crippen LogP contribution in [0.15, 0.2) is 12.1 Å². The van der Waals surface area contributed by atoms with E-state index in [1.54, 1.807) is 7.11 Å². The molecule has 0 radical (unpaired) electrons. The summed E-state index contributed by atoms with van der Waals surface area (Å²) in [7, 11) is 5.93. The van der Waals surface area contributed by atoms with Crippen molar-refractivity contribution in [2.45, 2.75) is 19.3 Å². The van der Waals surface area contributed by atoms with Crippen LogP contribution in [0.3, 0.4) is 0 Å². The zero-order valence-electron chi connectivity index (χ0n) is 11.0. The van der Waals surface area contributed by atoms with Gasteiger partial charge < -0.3 is 14.4 Å². The molecule has 0 spiro atoms. The fourth-order valence-corrected chi connectivity index (χ4v) is 2.25. The van der Waals surface area contributed by atoms with Crippen molar-refractivity contribution in [2.24, 2.45) is 0 Å². The molecule has 1 heterocycles. The van der Waals surface area contributed by atoms with Gasteiger partial charge in [-0.2, -0.15) is 0 Å². The minimum absolute atomic E-state index is 0.809. The van der Waals surface area contributed by atoms with Gasteiger partial charge in [0.15, 0.2) is 0 Å². The van der Waals surface area contributed by atoms with Gasteiger partial charge in [0.2, 0.25) is 0 Å². The minimum Gasteiger partial charge on any atom is -0.497 e. The highest BCUT2D eigenvalue weighted by Gasteiger charge is 2.17. The van der Waals surface area contributed by atoms with E-state index in [-0.39, 0.29) is 0 Å². The third-order valence-electron chi connectivity index (χ3n) is 3.12. The number of aryl methyl sites for hydroxylation is 1. The fourth-order valence-electron chi connectivity index (χ4n) is 2.25. The lowest BCUT2D eigenvalue weighted by molar-refractivity contribution is 0.350. The lowest BCUT2D eigenvalue weighted by Gasteiger charge is -2.12. The average molecular weight is 235 g/mol. The topological polar surface area (TPSA) is 21.7 Å². The van der Waals surface area contributed by atoms with Gasteiger partial charge in [-0.25, -0.2) is 0 Å². The van der Waals surface area contributed by atoms with Crippen molar-refractivity contribution in [1.29, 1.82) is 0 Å². The predicted octanol–water partition coefficient (Wildman–Crippen LogP) is 2.12. The first-order chi connectivity index (χ1) is 8.20. The molecule has 1 aliphatic rings. The van der Waals surface area contributed by atoms with E-state index in [4.69, 9.17) is 9.47 Å². The third-order valence-corrected chi connectivity index (χ3v) is 3.12. The maximum atomic E-state index is 5.72. The molecular formula is C14H21NO2. The normalized spacial score (nSPS) is 13.6. The molecule has 3 nitrogen and oxygen atoms in total. The summed E-state index contributed by atoms with van der Waals surface area (Å²) >= 11 is 0. The summed E-state index contributed by atoms with van der Waals surface area (Å²) < 4.78 is 11.1. The second kappa shape index (κ2) is 5.41. The third kappa shape index (κ3) is 2.91. The molecule has 1 aliphatic heterocycles. The summed E-state index contributed by atoms with van der Waals surface area (Å²) in [5, 5.41) is 0. The van der Waals surface area contributed by atoms with Crippen molar-refractivity contribution in [1.82, 2.24) is 4.90 Å². The molecule has 2 rings (SSSR count). The zero-order valence-corrected chi connectivity index (χ0v) is 11.0. The first kappa shape index (κ1) is 12.2. The van der Waals surface area contributed by atoms with Gasteiger partial charge in [-0.15, -0.1) is 0 Å². The highest BCUT2D eigenvalue weighted by atomic mass is 16.5. The van der Waals surface area contributed by atoms with Crippen LogP contribution >= 0.6 is 0 Å². The first-order valence-corrected chi connectivity index (χ1v) is 6.18. The van der Waals surface area contributed by atoms with Crippen LogP contribution < -0.4 is 9.47 Å². The Bertz CT molecular complexity index is 388. The van der Waals surface area contributed by atoms with E-state index in [0.717, 1.165) is 43.9 Å². The quantitative estimate of drug-likeness (QED) is 0.780. The molecule has 3 heteroatoms. The van der Waals surface area contributed by atoms with E-state index in [1.165, 1.54) is 11.1 Å². The molecule has 0 atom stereocenters. The Morgan fingerprint density at radius 2 is 2.18 bits per heavy atom. The Balaban J connectivity index is 2.12. The molecule has 17 heavy (non-hydrogen) atoms. The number of hydrogen-bond acceptors (Lipinski definition) is 3. The molecule has 1 aromatic rings. The summed E-state index contributed by atoms with van der Waals surface area (Å²) in [5.74, 6) is 2.05. The summed E-state index contributed by atoms with van der Waals surface area (Å²) in [6.45, 7) is 1.91. The number of methoxy groups -OCH3 is 1. The Morgan fingerprint density at radius 3 is 2.88 bits per heavy atom. The monoisotopic (exact) mass is 235 g/mol. The van der Waals surface area contributed by atoms with Gasteiger partial charge in [-0.3, -0.25) is 0 Å². The second-order valence-corrected chi connectivity index (χ2v) is 4.78. The molecule has 0 unspecified atom stereocenters. The number of ether oxygens (including phenoxy) is 2. The molecule has 0 saturated heterocycles. The van der Waals surface area contributed by atoms with Crippen LogP contribution in [0.2, 0.25) is 0 Å². The zero-order chi connectivity index (χ0) is 12.3. The average Bonchev–Trinajstić information content (AvgIpc) is 2.76. The van der Waals surface area contributed by atoms with Crippen LogP contribution in [-0.4, -0.2) is 39.3 Å². The van der Waals surface area contributed by atoms with E-state index in [9.17, 15) is 0 Å². The minimum atomic E-state index is 0.809. The molecule has 0 bridgehead atoms. The van der Waals surface area contributed by atoms with Gasteiger partial charge >= 0.3 is 0 Å². The Kier molecular flexibility index (Phi) is 3.89. The van der Waals surface area contributed by atoms with Crippen LogP contribution in [0.5, 0.6) is 11.5 Å². The van der Waals surface area contributed by atoms with Crippen molar-refractivity contribution in [3.05, 3.63) is 23.3 Å². The summed E-state index contributed by atoms with van der Waals surface area (Å²) in [6.07, 6.45) is 3.21. The molecule has 1 aromatic carbocycles. The van der Waals surface area contributed by atoms with E-state index < -0.39 is 0 Å². The SMILES string of the molecule is COc1cc(CCCN(C)C)c2c(c1)CCO2. The van der Waals surface area contributed by atoms with Crippen molar-refractivity contribution in [2.75, 3.05) is 34.4 Å². The van der Waals surface area contributed by atoms with Crippen LogP contribution in [0, 0.1) is 0 Å². The van der Waals surface area contributed by atoms with E-state index in [2.05, 4.69) is 31.1 Å². The molecule has 94 valence electrons. The maximum absolute atomic E-state index is 5.72. The Labute approximate surface area is 103 Å². The van der Waals surface area contributed by atoms with Crippen LogP contribution in [0.4, 0.5) is 0 Å². The highest BCUT2D eigenvalue weighted by Crippen LogP contribution is 2.34. The molecule has 0 fully saturated rings. The van der Waals surface area contributed by atoms with Gasteiger partial charge in [-0.1, -0.05) is 0 Å². The Morgan fingerprint density at radius 1 is 1.35 bits per heavy atom. The predicted molar refractivity (Wildman–Crippen MR) is 69.1 cm³/mol. The van der Waals surface area contributed by atoms with Gasteiger partial charge in [0, 0.05) is 12.0 Å². The van der Waals surface area contributed by atoms with E-state index in [0.29, 0.717) is 0 Å². The molecule has 0 aromatic heterocycles. The number of hydrogen-bond donors (Lipinski definition) is 0. The lowest BCUT2D eigenvalue weighted by Crippen LogP contribution is -2.13. The molecule has 0 amide bonds. The summed E-state index contributed by atoms with van der Waals surface area (Å²) in [4.78, 5) is 2.21. The van der Waals surface area contributed by atoms with Gasteiger partial charge in [0.1, 0.15) is 11.5 Å². The van der Waals surface area contributed by atoms with Crippen molar-refractivity contribution >= 4 is 0 Å². The number of nitrogens with zero attached hydrogens (tertiary/aromatic N) is 1. The second-order valence-electron chi connectivity index (χ2n) is 4.78. The van der Waals surface area contributed by atoms with Crippen molar-refractivity contribution < 1.29 is 9.47 Å². The molecule has 0 aliphatic carbocycles. The van der Waals surface area contributed by atoms with Crippen LogP contribution in [-0.2, 0) is 12.8 Å². The molecule has 0 saturated carbocycles. The largest absolute Gasteiger partial charge is 0.497 e. The highest BCUT2D eigenvalue weighted by molar-refractivity contribution is 5.49. The first-order valence-electron chi connectivity index (χ1n) is 6.18. The fraction of sp³-hybridized carbons (Fsp3) is 0.571. The van der Waals surface area contributed by atoms with Crippen molar-refractivity contribution in [3.8, 4) is 11.5 Å². The van der Waals surface area contributed by atoms with Crippen LogP contribution in [0.1, 0.15) is 17.5 Å². The standard InChI is InChI=1S/C14H21NO2/c1-15(2)7-4-5-11-9-13(16-3)10-12-6-8-17-14(11)12/h9-10H,4-8H2,1-3H3. The summed E-state index contributed by atoms with van der Waals surface area (Å²) in [5.41, 5.74) is 2.59. The van der Waals surface area contributed by atoms with Crippen LogP contribution in [0.25, 0.3) is 0 Å². The lowest BCUT2D eigenvalue weighted by atomic mass is 10.0. The Hall–Kier alpha value is -1.22. The van der Waals surface area contributed by atoms with Gasteiger partial charge in [-0.05, 0) is 51.2 Å². The number of fused-ring (bicyclic) bond motifs is 1. The van der Waals surface area contributed by atoms with E-state index >= 15 is 0 Å². The van der Waals surface area contributed by atoms with Crippen molar-refractivity contribution in [3.63, 3.8) is 0 Å².